The number of carbonyl (C=O) groups is 1. The standard InChI is InChI=1S/C18H23FN4O2/c1-23(2)11-14-9-12(6-7-15(14)19)17-21-16(25-22-17)10-13-5-3-4-8-20-18(13)24/h6-7,9,13H,3-5,8,10-11H2,1-2H3,(H,20,24). The van der Waals surface area contributed by atoms with E-state index in [0.717, 1.165) is 25.8 Å². The third-order valence-corrected chi connectivity index (χ3v) is 4.33. The summed E-state index contributed by atoms with van der Waals surface area (Å²) in [6.07, 6.45) is 3.27. The number of nitrogens with zero attached hydrogens (tertiary/aromatic N) is 3. The van der Waals surface area contributed by atoms with Gasteiger partial charge in [0.05, 0.1) is 0 Å². The molecule has 6 nitrogen and oxygen atoms in total. The second-order valence-electron chi connectivity index (χ2n) is 6.74. The van der Waals surface area contributed by atoms with Crippen molar-refractivity contribution >= 4 is 5.91 Å². The van der Waals surface area contributed by atoms with Gasteiger partial charge in [0.2, 0.25) is 17.6 Å². The summed E-state index contributed by atoms with van der Waals surface area (Å²) >= 11 is 0. The molecule has 2 aromatic rings. The molecule has 1 N–H and O–H groups in total. The summed E-state index contributed by atoms with van der Waals surface area (Å²) in [6, 6.07) is 4.80. The zero-order chi connectivity index (χ0) is 17.8. The molecular formula is C18H23FN4O2. The first-order chi connectivity index (χ1) is 12.0. The first-order valence-corrected chi connectivity index (χ1v) is 8.57. The fourth-order valence-corrected chi connectivity index (χ4v) is 3.04. The molecule has 25 heavy (non-hydrogen) atoms. The lowest BCUT2D eigenvalue weighted by Crippen LogP contribution is -2.30. The van der Waals surface area contributed by atoms with Crippen molar-refractivity contribution in [1.82, 2.24) is 20.4 Å². The number of benzene rings is 1. The van der Waals surface area contributed by atoms with Crippen LogP contribution in [-0.4, -0.2) is 41.6 Å². The van der Waals surface area contributed by atoms with Crippen LogP contribution < -0.4 is 5.32 Å². The molecule has 134 valence electrons. The van der Waals surface area contributed by atoms with Gasteiger partial charge in [-0.15, -0.1) is 0 Å². The van der Waals surface area contributed by atoms with Crippen molar-refractivity contribution < 1.29 is 13.7 Å². The van der Waals surface area contributed by atoms with E-state index in [2.05, 4.69) is 15.5 Å². The molecule has 1 saturated heterocycles. The predicted octanol–water partition coefficient (Wildman–Crippen LogP) is 2.40. The number of nitrogens with one attached hydrogen (secondary N) is 1. The van der Waals surface area contributed by atoms with E-state index in [1.807, 2.05) is 19.0 Å². The number of aromatic nitrogens is 2. The molecule has 1 atom stereocenters. The van der Waals surface area contributed by atoms with Crippen LogP contribution in [0.3, 0.4) is 0 Å². The van der Waals surface area contributed by atoms with Crippen molar-refractivity contribution in [2.75, 3.05) is 20.6 Å². The zero-order valence-electron chi connectivity index (χ0n) is 14.6. The van der Waals surface area contributed by atoms with E-state index in [9.17, 15) is 9.18 Å². The Kier molecular flexibility index (Phi) is 5.43. The Morgan fingerprint density at radius 3 is 3.00 bits per heavy atom. The van der Waals surface area contributed by atoms with Crippen molar-refractivity contribution in [2.45, 2.75) is 32.2 Å². The fraction of sp³-hybridized carbons (Fsp3) is 0.500. The minimum absolute atomic E-state index is 0.0484. The van der Waals surface area contributed by atoms with E-state index in [0.29, 0.717) is 35.8 Å². The third-order valence-electron chi connectivity index (χ3n) is 4.33. The molecule has 1 aliphatic rings. The van der Waals surface area contributed by atoms with Gasteiger partial charge in [0.25, 0.3) is 0 Å². The number of halogens is 1. The van der Waals surface area contributed by atoms with Crippen molar-refractivity contribution in [3.05, 3.63) is 35.5 Å². The van der Waals surface area contributed by atoms with Gasteiger partial charge in [-0.05, 0) is 45.1 Å². The Hall–Kier alpha value is -2.28. The maximum Gasteiger partial charge on any atom is 0.227 e. The van der Waals surface area contributed by atoms with Crippen LogP contribution in [0, 0.1) is 11.7 Å². The number of carbonyl (C=O) groups excluding carboxylic acids is 1. The third kappa shape index (κ3) is 4.42. The zero-order valence-corrected chi connectivity index (χ0v) is 14.6. The van der Waals surface area contributed by atoms with Crippen LogP contribution in [0.5, 0.6) is 0 Å². The maximum absolute atomic E-state index is 13.9. The first-order valence-electron chi connectivity index (χ1n) is 8.57. The second-order valence-corrected chi connectivity index (χ2v) is 6.74. The lowest BCUT2D eigenvalue weighted by Gasteiger charge is -2.11. The van der Waals surface area contributed by atoms with Gasteiger partial charge in [-0.3, -0.25) is 4.79 Å². The molecule has 1 aromatic carbocycles. The molecular weight excluding hydrogens is 323 g/mol. The van der Waals surface area contributed by atoms with Crippen LogP contribution >= 0.6 is 0 Å². The average Bonchev–Trinajstić information content (AvgIpc) is 2.94. The SMILES string of the molecule is CN(C)Cc1cc(-c2noc(CC3CCCCNC3=O)n2)ccc1F. The average molecular weight is 346 g/mol. The van der Waals surface area contributed by atoms with Gasteiger partial charge >= 0.3 is 0 Å². The Morgan fingerprint density at radius 2 is 2.20 bits per heavy atom. The van der Waals surface area contributed by atoms with Gasteiger partial charge in [0, 0.05) is 36.6 Å². The van der Waals surface area contributed by atoms with Crippen LogP contribution in [0.1, 0.15) is 30.7 Å². The van der Waals surface area contributed by atoms with Crippen LogP contribution in [0.25, 0.3) is 11.4 Å². The highest BCUT2D eigenvalue weighted by molar-refractivity contribution is 5.79. The van der Waals surface area contributed by atoms with Crippen molar-refractivity contribution in [2.24, 2.45) is 5.92 Å². The summed E-state index contributed by atoms with van der Waals surface area (Å²) in [5.41, 5.74) is 1.29. The lowest BCUT2D eigenvalue weighted by molar-refractivity contribution is -0.124. The largest absolute Gasteiger partial charge is 0.356 e. The van der Waals surface area contributed by atoms with Crippen molar-refractivity contribution in [3.8, 4) is 11.4 Å². The number of hydrogen-bond donors (Lipinski definition) is 1. The lowest BCUT2D eigenvalue weighted by atomic mass is 9.99. The number of hydrogen-bond acceptors (Lipinski definition) is 5. The summed E-state index contributed by atoms with van der Waals surface area (Å²) < 4.78 is 19.2. The summed E-state index contributed by atoms with van der Waals surface area (Å²) in [4.78, 5) is 18.3. The predicted molar refractivity (Wildman–Crippen MR) is 91.1 cm³/mol. The Balaban J connectivity index is 1.76. The first kappa shape index (κ1) is 17.5. The molecule has 3 rings (SSSR count). The number of rotatable bonds is 5. The minimum atomic E-state index is -0.253. The van der Waals surface area contributed by atoms with Gasteiger partial charge < -0.3 is 14.7 Å². The van der Waals surface area contributed by atoms with E-state index in [4.69, 9.17) is 4.52 Å². The Bertz CT molecular complexity index is 744. The fourth-order valence-electron chi connectivity index (χ4n) is 3.04. The molecule has 1 unspecified atom stereocenters. The topological polar surface area (TPSA) is 71.3 Å². The highest BCUT2D eigenvalue weighted by atomic mass is 19.1. The molecule has 0 bridgehead atoms. The van der Waals surface area contributed by atoms with Crippen LogP contribution in [0.2, 0.25) is 0 Å². The van der Waals surface area contributed by atoms with Gasteiger partial charge in [0.15, 0.2) is 0 Å². The monoisotopic (exact) mass is 346 g/mol. The van der Waals surface area contributed by atoms with E-state index >= 15 is 0 Å². The molecule has 2 heterocycles. The normalized spacial score (nSPS) is 18.2. The molecule has 7 heteroatoms. The molecule has 1 aromatic heterocycles. The molecule has 1 aliphatic heterocycles. The summed E-state index contributed by atoms with van der Waals surface area (Å²) in [7, 11) is 3.77. The van der Waals surface area contributed by atoms with Gasteiger partial charge in [-0.2, -0.15) is 4.98 Å². The number of amides is 1. The van der Waals surface area contributed by atoms with E-state index < -0.39 is 0 Å². The molecule has 0 radical (unpaired) electrons. The smallest absolute Gasteiger partial charge is 0.227 e. The van der Waals surface area contributed by atoms with Crippen molar-refractivity contribution in [1.29, 1.82) is 0 Å². The highest BCUT2D eigenvalue weighted by Gasteiger charge is 2.23. The van der Waals surface area contributed by atoms with Gasteiger partial charge in [-0.25, -0.2) is 4.39 Å². The van der Waals surface area contributed by atoms with Crippen LogP contribution in [0.4, 0.5) is 4.39 Å². The molecule has 1 fully saturated rings. The van der Waals surface area contributed by atoms with Crippen LogP contribution in [-0.2, 0) is 17.8 Å². The highest BCUT2D eigenvalue weighted by Crippen LogP contribution is 2.22. The summed E-state index contributed by atoms with van der Waals surface area (Å²) in [5.74, 6) is 0.525. The Labute approximate surface area is 146 Å². The summed E-state index contributed by atoms with van der Waals surface area (Å²) in [6.45, 7) is 1.22. The second kappa shape index (κ2) is 7.74. The van der Waals surface area contributed by atoms with Gasteiger partial charge in [0.1, 0.15) is 5.82 Å². The molecule has 0 saturated carbocycles. The van der Waals surface area contributed by atoms with E-state index in [1.54, 1.807) is 12.1 Å². The van der Waals surface area contributed by atoms with E-state index in [1.165, 1.54) is 6.07 Å². The summed E-state index contributed by atoms with van der Waals surface area (Å²) in [5, 5.41) is 6.91. The van der Waals surface area contributed by atoms with Crippen molar-refractivity contribution in [3.63, 3.8) is 0 Å². The van der Waals surface area contributed by atoms with Crippen LogP contribution in [0.15, 0.2) is 22.7 Å². The van der Waals surface area contributed by atoms with E-state index in [-0.39, 0.29) is 17.6 Å². The maximum atomic E-state index is 13.9. The molecule has 0 spiro atoms. The molecule has 1 amide bonds. The Morgan fingerprint density at radius 1 is 1.36 bits per heavy atom. The van der Waals surface area contributed by atoms with Gasteiger partial charge in [-0.1, -0.05) is 11.6 Å². The molecule has 0 aliphatic carbocycles. The quantitative estimate of drug-likeness (QED) is 0.900. The minimum Gasteiger partial charge on any atom is -0.356 e.